The molecule has 0 aromatic heterocycles. The van der Waals surface area contributed by atoms with E-state index in [9.17, 15) is 4.79 Å². The predicted octanol–water partition coefficient (Wildman–Crippen LogP) is 4.89. The van der Waals surface area contributed by atoms with E-state index in [1.54, 1.807) is 0 Å². The van der Waals surface area contributed by atoms with Gasteiger partial charge in [-0.3, -0.25) is 0 Å². The zero-order chi connectivity index (χ0) is 16.2. The summed E-state index contributed by atoms with van der Waals surface area (Å²) >= 11 is 0. The van der Waals surface area contributed by atoms with E-state index in [0.717, 1.165) is 22.8 Å². The first-order valence-corrected chi connectivity index (χ1v) is 6.88. The van der Waals surface area contributed by atoms with Gasteiger partial charge in [-0.2, -0.15) is 0 Å². The van der Waals surface area contributed by atoms with Gasteiger partial charge in [0.2, 0.25) is 0 Å². The van der Waals surface area contributed by atoms with Gasteiger partial charge in [-0.1, -0.05) is 86.5 Å². The largest absolute Gasteiger partial charge is 0.458 e. The topological polar surface area (TPSA) is 26.3 Å². The average molecular weight is 292 g/mol. The highest BCUT2D eigenvalue weighted by Gasteiger charge is 1.95. The molecule has 2 aromatic carbocycles. The average Bonchev–Trinajstić information content (AvgIpc) is 2.60. The molecule has 0 heterocycles. The van der Waals surface area contributed by atoms with Crippen molar-refractivity contribution in [2.45, 2.75) is 6.61 Å². The SMILES string of the molecule is C=CC(=O)OCc1ccccc1.C=Cc1ccccc1C=C. The molecule has 0 aliphatic heterocycles. The number of hydrogen-bond donors (Lipinski definition) is 0. The molecule has 0 saturated carbocycles. The number of carbonyl (C=O) groups excluding carboxylic acids is 1. The van der Waals surface area contributed by atoms with Crippen LogP contribution in [0.5, 0.6) is 0 Å². The van der Waals surface area contributed by atoms with Gasteiger partial charge in [0.05, 0.1) is 0 Å². The Morgan fingerprint density at radius 1 is 0.864 bits per heavy atom. The van der Waals surface area contributed by atoms with E-state index in [1.165, 1.54) is 0 Å². The van der Waals surface area contributed by atoms with Crippen LogP contribution in [-0.4, -0.2) is 5.97 Å². The molecule has 0 radical (unpaired) electrons. The molecule has 0 N–H and O–H groups in total. The summed E-state index contributed by atoms with van der Waals surface area (Å²) in [4.78, 5) is 10.6. The van der Waals surface area contributed by atoms with Gasteiger partial charge in [0, 0.05) is 6.08 Å². The fraction of sp³-hybridized carbons (Fsp3) is 0.0500. The van der Waals surface area contributed by atoms with Crippen molar-refractivity contribution in [1.82, 2.24) is 0 Å². The van der Waals surface area contributed by atoms with Crippen molar-refractivity contribution in [3.63, 3.8) is 0 Å². The number of hydrogen-bond acceptors (Lipinski definition) is 2. The molecule has 0 saturated heterocycles. The van der Waals surface area contributed by atoms with E-state index in [1.807, 2.05) is 66.7 Å². The van der Waals surface area contributed by atoms with Gasteiger partial charge < -0.3 is 4.74 Å². The lowest BCUT2D eigenvalue weighted by Crippen LogP contribution is -1.99. The molecule has 0 amide bonds. The molecule has 0 aliphatic carbocycles. The van der Waals surface area contributed by atoms with Gasteiger partial charge in [0.15, 0.2) is 0 Å². The van der Waals surface area contributed by atoms with Crippen molar-refractivity contribution >= 4 is 18.1 Å². The molecule has 0 unspecified atom stereocenters. The second-order valence-electron chi connectivity index (χ2n) is 4.33. The summed E-state index contributed by atoms with van der Waals surface area (Å²) in [5.74, 6) is -0.390. The van der Waals surface area contributed by atoms with Crippen LogP contribution in [0.3, 0.4) is 0 Å². The molecule has 0 aliphatic rings. The second kappa shape index (κ2) is 9.94. The van der Waals surface area contributed by atoms with Crippen LogP contribution < -0.4 is 0 Å². The third-order valence-electron chi connectivity index (χ3n) is 2.83. The highest BCUT2D eigenvalue weighted by molar-refractivity contribution is 5.81. The minimum absolute atomic E-state index is 0.311. The number of benzene rings is 2. The lowest BCUT2D eigenvalue weighted by atomic mass is 10.1. The van der Waals surface area contributed by atoms with Gasteiger partial charge in [0.25, 0.3) is 0 Å². The van der Waals surface area contributed by atoms with Gasteiger partial charge in [0.1, 0.15) is 6.61 Å². The van der Waals surface area contributed by atoms with E-state index in [4.69, 9.17) is 4.74 Å². The maximum Gasteiger partial charge on any atom is 0.330 e. The van der Waals surface area contributed by atoms with E-state index >= 15 is 0 Å². The first-order chi connectivity index (χ1) is 10.7. The lowest BCUT2D eigenvalue weighted by molar-refractivity contribution is -0.138. The van der Waals surface area contributed by atoms with Gasteiger partial charge in [-0.05, 0) is 16.7 Å². The van der Waals surface area contributed by atoms with Gasteiger partial charge in [-0.15, -0.1) is 0 Å². The maximum atomic E-state index is 10.6. The van der Waals surface area contributed by atoms with Crippen LogP contribution in [0, 0.1) is 0 Å². The molecule has 0 bridgehead atoms. The smallest absolute Gasteiger partial charge is 0.330 e. The summed E-state index contributed by atoms with van der Waals surface area (Å²) in [7, 11) is 0. The zero-order valence-electron chi connectivity index (χ0n) is 12.6. The summed E-state index contributed by atoms with van der Waals surface area (Å²) < 4.78 is 4.82. The summed E-state index contributed by atoms with van der Waals surface area (Å²) in [6.07, 6.45) is 4.82. The Morgan fingerprint density at radius 2 is 1.36 bits per heavy atom. The van der Waals surface area contributed by atoms with Crippen LogP contribution in [0.2, 0.25) is 0 Å². The Balaban J connectivity index is 0.000000224. The molecule has 2 rings (SSSR count). The molecule has 2 nitrogen and oxygen atoms in total. The van der Waals surface area contributed by atoms with E-state index < -0.39 is 0 Å². The molecule has 0 fully saturated rings. The van der Waals surface area contributed by atoms with E-state index in [0.29, 0.717) is 6.61 Å². The van der Waals surface area contributed by atoms with Crippen molar-refractivity contribution in [1.29, 1.82) is 0 Å². The summed E-state index contributed by atoms with van der Waals surface area (Å²) in [5, 5.41) is 0. The Morgan fingerprint density at radius 3 is 1.82 bits per heavy atom. The third kappa shape index (κ3) is 6.06. The standard InChI is InChI=1S/C10H10O2.C10H10/c1-2-10(11)12-8-9-6-4-3-5-7-9;1-3-9-7-5-6-8-10(9)4-2/h2-7H,1,8H2;3-8H,1-2H2. The minimum atomic E-state index is -0.390. The molecule has 0 spiro atoms. The third-order valence-corrected chi connectivity index (χ3v) is 2.83. The Kier molecular flexibility index (Phi) is 7.77. The first kappa shape index (κ1) is 17.2. The second-order valence-corrected chi connectivity index (χ2v) is 4.33. The molecule has 2 heteroatoms. The summed E-state index contributed by atoms with van der Waals surface area (Å²) in [5.41, 5.74) is 3.25. The lowest BCUT2D eigenvalue weighted by Gasteiger charge is -2.00. The molecule has 0 atom stereocenters. The Labute approximate surface area is 132 Å². The molecular weight excluding hydrogens is 272 g/mol. The van der Waals surface area contributed by atoms with Gasteiger partial charge in [-0.25, -0.2) is 4.79 Å². The van der Waals surface area contributed by atoms with Crippen LogP contribution in [0.1, 0.15) is 16.7 Å². The molecule has 22 heavy (non-hydrogen) atoms. The minimum Gasteiger partial charge on any atom is -0.458 e. The quantitative estimate of drug-likeness (QED) is 0.579. The fourth-order valence-electron chi connectivity index (χ4n) is 1.67. The van der Waals surface area contributed by atoms with Crippen molar-refractivity contribution in [2.24, 2.45) is 0 Å². The Bertz CT molecular complexity index is 600. The van der Waals surface area contributed by atoms with Crippen molar-refractivity contribution in [3.8, 4) is 0 Å². The van der Waals surface area contributed by atoms with Crippen molar-refractivity contribution in [3.05, 3.63) is 97.1 Å². The van der Waals surface area contributed by atoms with E-state index in [2.05, 4.69) is 19.7 Å². The summed E-state index contributed by atoms with van der Waals surface area (Å²) in [6, 6.07) is 17.5. The van der Waals surface area contributed by atoms with Crippen molar-refractivity contribution in [2.75, 3.05) is 0 Å². The van der Waals surface area contributed by atoms with Crippen LogP contribution >= 0.6 is 0 Å². The van der Waals surface area contributed by atoms with E-state index in [-0.39, 0.29) is 5.97 Å². The zero-order valence-corrected chi connectivity index (χ0v) is 12.6. The monoisotopic (exact) mass is 292 g/mol. The number of ether oxygens (including phenoxy) is 1. The van der Waals surface area contributed by atoms with Crippen LogP contribution in [0.15, 0.2) is 80.4 Å². The number of esters is 1. The number of rotatable bonds is 5. The molecule has 112 valence electrons. The van der Waals surface area contributed by atoms with Crippen molar-refractivity contribution < 1.29 is 9.53 Å². The highest BCUT2D eigenvalue weighted by Crippen LogP contribution is 2.10. The maximum absolute atomic E-state index is 10.6. The number of carbonyl (C=O) groups is 1. The summed E-state index contributed by atoms with van der Waals surface area (Å²) in [6.45, 7) is 11.0. The molecular formula is C20H20O2. The van der Waals surface area contributed by atoms with Gasteiger partial charge >= 0.3 is 5.97 Å². The van der Waals surface area contributed by atoms with Crippen LogP contribution in [0.4, 0.5) is 0 Å². The Hall–Kier alpha value is -2.87. The fourth-order valence-corrected chi connectivity index (χ4v) is 1.67. The van der Waals surface area contributed by atoms with Crippen LogP contribution in [0.25, 0.3) is 12.2 Å². The first-order valence-electron chi connectivity index (χ1n) is 6.88. The molecule has 2 aromatic rings. The highest BCUT2D eigenvalue weighted by atomic mass is 16.5. The van der Waals surface area contributed by atoms with Crippen LogP contribution in [-0.2, 0) is 16.1 Å². The predicted molar refractivity (Wildman–Crippen MR) is 93.1 cm³/mol. The normalized spacial score (nSPS) is 8.91.